The Morgan fingerprint density at radius 2 is 2.00 bits per heavy atom. The van der Waals surface area contributed by atoms with Crippen molar-refractivity contribution >= 4 is 18.4 Å². The summed E-state index contributed by atoms with van der Waals surface area (Å²) in [6.07, 6.45) is 1.54. The van der Waals surface area contributed by atoms with Crippen LogP contribution in [0.25, 0.3) is 11.4 Å². The number of phenols is 1. The maximum absolute atomic E-state index is 9.84. The fourth-order valence-electron chi connectivity index (χ4n) is 2.22. The summed E-state index contributed by atoms with van der Waals surface area (Å²) in [5, 5.41) is 21.2. The van der Waals surface area contributed by atoms with Crippen LogP contribution in [0.2, 0.25) is 0 Å². The lowest BCUT2D eigenvalue weighted by molar-refractivity contribution is 0.341. The van der Waals surface area contributed by atoms with E-state index in [9.17, 15) is 5.11 Å². The molecule has 0 unspecified atom stereocenters. The minimum atomic E-state index is 0.146. The molecule has 0 saturated heterocycles. The molecular weight excluding hydrogens is 324 g/mol. The number of nitrogens with zero attached hydrogens (tertiary/aromatic N) is 3. The van der Waals surface area contributed by atoms with Gasteiger partial charge in [0.15, 0.2) is 5.82 Å². The number of phenolic OH excluding ortho intramolecular Hbond substituents is 1. The molecule has 0 aliphatic rings. The van der Waals surface area contributed by atoms with Crippen LogP contribution in [0.5, 0.6) is 11.5 Å². The lowest BCUT2D eigenvalue weighted by Crippen LogP contribution is -1.99. The largest absolute Gasteiger partial charge is 0.507 e. The molecule has 0 spiro atoms. The Kier molecular flexibility index (Phi) is 4.72. The fraction of sp³-hybridized carbons (Fsp3) is 0.118. The minimum Gasteiger partial charge on any atom is -0.507 e. The third-order valence-corrected chi connectivity index (χ3v) is 3.59. The lowest BCUT2D eigenvalue weighted by atomic mass is 10.2. The molecule has 3 rings (SSSR count). The van der Waals surface area contributed by atoms with Gasteiger partial charge in [0.25, 0.3) is 0 Å². The number of para-hydroxylation sites is 2. The number of H-pyrrole nitrogens is 1. The molecule has 7 heteroatoms. The van der Waals surface area contributed by atoms with Crippen LogP contribution in [-0.4, -0.2) is 32.8 Å². The van der Waals surface area contributed by atoms with E-state index in [1.165, 1.54) is 10.9 Å². The number of hydrogen-bond donors (Lipinski definition) is 2. The zero-order valence-corrected chi connectivity index (χ0v) is 13.8. The van der Waals surface area contributed by atoms with Gasteiger partial charge >= 0.3 is 0 Å². The van der Waals surface area contributed by atoms with Crippen molar-refractivity contribution < 1.29 is 9.84 Å². The van der Waals surface area contributed by atoms with Gasteiger partial charge in [-0.1, -0.05) is 24.3 Å². The summed E-state index contributed by atoms with van der Waals surface area (Å²) in [5.41, 5.74) is 1.37. The lowest BCUT2D eigenvalue weighted by Gasteiger charge is -2.08. The van der Waals surface area contributed by atoms with E-state index in [2.05, 4.69) is 15.3 Å². The van der Waals surface area contributed by atoms with E-state index < -0.39 is 0 Å². The second-order valence-corrected chi connectivity index (χ2v) is 5.28. The average Bonchev–Trinajstić information content (AvgIpc) is 2.96. The highest BCUT2D eigenvalue weighted by Gasteiger charge is 2.13. The molecule has 0 fully saturated rings. The topological polar surface area (TPSA) is 75.4 Å². The molecule has 0 aliphatic heterocycles. The minimum absolute atomic E-state index is 0.146. The SMILES string of the molecule is CCOc1ccccc1-c1n[nH]c(=S)n1/N=C/c1ccccc1O. The number of hydrogen-bond acceptors (Lipinski definition) is 5. The molecule has 2 aromatic carbocycles. The smallest absolute Gasteiger partial charge is 0.216 e. The van der Waals surface area contributed by atoms with Crippen molar-refractivity contribution in [3.05, 3.63) is 58.9 Å². The summed E-state index contributed by atoms with van der Waals surface area (Å²) < 4.78 is 7.49. The molecule has 3 aromatic rings. The highest BCUT2D eigenvalue weighted by atomic mass is 32.1. The zero-order chi connectivity index (χ0) is 16.9. The van der Waals surface area contributed by atoms with E-state index in [4.69, 9.17) is 17.0 Å². The quantitative estimate of drug-likeness (QED) is 0.550. The molecule has 2 N–H and O–H groups in total. The normalized spacial score (nSPS) is 11.0. The number of aromatic nitrogens is 3. The van der Waals surface area contributed by atoms with Crippen LogP contribution in [0.1, 0.15) is 12.5 Å². The van der Waals surface area contributed by atoms with Crippen molar-refractivity contribution in [2.24, 2.45) is 5.10 Å². The van der Waals surface area contributed by atoms with Crippen molar-refractivity contribution in [3.63, 3.8) is 0 Å². The molecular formula is C17H16N4O2S. The summed E-state index contributed by atoms with van der Waals surface area (Å²) in [6, 6.07) is 14.5. The predicted octanol–water partition coefficient (Wildman–Crippen LogP) is 3.59. The van der Waals surface area contributed by atoms with Gasteiger partial charge in [-0.2, -0.15) is 14.9 Å². The van der Waals surface area contributed by atoms with E-state index in [1.54, 1.807) is 18.2 Å². The van der Waals surface area contributed by atoms with E-state index >= 15 is 0 Å². The van der Waals surface area contributed by atoms with Crippen LogP contribution in [0.4, 0.5) is 0 Å². The monoisotopic (exact) mass is 340 g/mol. The number of ether oxygens (including phenoxy) is 1. The van der Waals surface area contributed by atoms with E-state index in [-0.39, 0.29) is 5.75 Å². The second kappa shape index (κ2) is 7.10. The zero-order valence-electron chi connectivity index (χ0n) is 13.0. The number of aromatic hydroxyl groups is 1. The van der Waals surface area contributed by atoms with E-state index in [0.717, 1.165) is 5.56 Å². The van der Waals surface area contributed by atoms with Crippen LogP contribution in [0.3, 0.4) is 0 Å². The van der Waals surface area contributed by atoms with Crippen LogP contribution < -0.4 is 4.74 Å². The third-order valence-electron chi connectivity index (χ3n) is 3.33. The predicted molar refractivity (Wildman–Crippen MR) is 95.1 cm³/mol. The number of nitrogens with one attached hydrogen (secondary N) is 1. The molecule has 1 heterocycles. The second-order valence-electron chi connectivity index (χ2n) is 4.90. The first-order chi connectivity index (χ1) is 11.7. The Labute approximate surface area is 144 Å². The van der Waals surface area contributed by atoms with Gasteiger partial charge in [0.1, 0.15) is 11.5 Å². The van der Waals surface area contributed by atoms with Gasteiger partial charge < -0.3 is 9.84 Å². The van der Waals surface area contributed by atoms with Gasteiger partial charge in [-0.15, -0.1) is 0 Å². The Morgan fingerprint density at radius 1 is 1.25 bits per heavy atom. The van der Waals surface area contributed by atoms with Gasteiger partial charge in [0.2, 0.25) is 4.77 Å². The molecule has 0 amide bonds. The Balaban J connectivity index is 2.05. The summed E-state index contributed by atoms with van der Waals surface area (Å²) in [7, 11) is 0. The van der Waals surface area contributed by atoms with E-state index in [1.807, 2.05) is 37.3 Å². The Bertz CT molecular complexity index is 930. The summed E-state index contributed by atoms with van der Waals surface area (Å²) in [5.74, 6) is 1.39. The van der Waals surface area contributed by atoms with Gasteiger partial charge in [-0.3, -0.25) is 0 Å². The Hall–Kier alpha value is -2.93. The van der Waals surface area contributed by atoms with Crippen molar-refractivity contribution in [2.45, 2.75) is 6.92 Å². The van der Waals surface area contributed by atoms with Gasteiger partial charge in [-0.05, 0) is 43.4 Å². The average molecular weight is 340 g/mol. The van der Waals surface area contributed by atoms with Crippen LogP contribution in [-0.2, 0) is 0 Å². The van der Waals surface area contributed by atoms with Crippen LogP contribution >= 0.6 is 12.2 Å². The van der Waals surface area contributed by atoms with Crippen LogP contribution in [0.15, 0.2) is 53.6 Å². The third kappa shape index (κ3) is 3.21. The first-order valence-electron chi connectivity index (χ1n) is 7.42. The maximum atomic E-state index is 9.84. The summed E-state index contributed by atoms with van der Waals surface area (Å²) in [4.78, 5) is 0. The summed E-state index contributed by atoms with van der Waals surface area (Å²) >= 11 is 5.26. The van der Waals surface area contributed by atoms with Crippen molar-refractivity contribution in [2.75, 3.05) is 6.61 Å². The molecule has 0 atom stereocenters. The number of aromatic amines is 1. The van der Waals surface area contributed by atoms with Crippen molar-refractivity contribution in [1.29, 1.82) is 0 Å². The summed E-state index contributed by atoms with van der Waals surface area (Å²) in [6.45, 7) is 2.47. The Morgan fingerprint density at radius 3 is 2.79 bits per heavy atom. The number of rotatable bonds is 5. The van der Waals surface area contributed by atoms with Gasteiger partial charge in [0, 0.05) is 5.56 Å². The highest BCUT2D eigenvalue weighted by molar-refractivity contribution is 7.71. The van der Waals surface area contributed by atoms with Crippen molar-refractivity contribution in [1.82, 2.24) is 14.9 Å². The molecule has 0 aliphatic carbocycles. The first-order valence-corrected chi connectivity index (χ1v) is 7.83. The van der Waals surface area contributed by atoms with Gasteiger partial charge in [0.05, 0.1) is 18.4 Å². The standard InChI is InChI=1S/C17H16N4O2S/c1-2-23-15-10-6-4-8-13(15)16-19-20-17(24)21(16)18-11-12-7-3-5-9-14(12)22/h3-11,22H,2H2,1H3,(H,20,24)/b18-11+. The number of benzene rings is 2. The first kappa shape index (κ1) is 15.9. The molecule has 122 valence electrons. The van der Waals surface area contributed by atoms with Crippen molar-refractivity contribution in [3.8, 4) is 22.9 Å². The molecule has 0 bridgehead atoms. The molecule has 0 saturated carbocycles. The molecule has 24 heavy (non-hydrogen) atoms. The molecule has 1 aromatic heterocycles. The van der Waals surface area contributed by atoms with Gasteiger partial charge in [-0.25, -0.2) is 5.10 Å². The fourth-order valence-corrected chi connectivity index (χ4v) is 2.40. The molecule has 6 nitrogen and oxygen atoms in total. The highest BCUT2D eigenvalue weighted by Crippen LogP contribution is 2.28. The van der Waals surface area contributed by atoms with E-state index in [0.29, 0.717) is 28.5 Å². The maximum Gasteiger partial charge on any atom is 0.216 e. The molecule has 0 radical (unpaired) electrons. The van der Waals surface area contributed by atoms with Crippen LogP contribution in [0, 0.1) is 4.77 Å².